The number of carbonyl (C=O) groups excluding carboxylic acids is 3. The molecule has 1 aliphatic rings. The minimum Gasteiger partial charge on any atom is -0.292 e. The molecule has 0 aromatic heterocycles. The number of nitrogens with zero attached hydrogens (tertiary/aromatic N) is 1. The predicted molar refractivity (Wildman–Crippen MR) is 92.1 cm³/mol. The second-order valence-electron chi connectivity index (χ2n) is 5.75. The van der Waals surface area contributed by atoms with E-state index >= 15 is 0 Å². The van der Waals surface area contributed by atoms with E-state index in [0.717, 1.165) is 16.0 Å². The largest absolute Gasteiger partial charge is 0.292 e. The lowest BCUT2D eigenvalue weighted by molar-refractivity contribution is 0.0624. The second kappa shape index (κ2) is 6.04. The van der Waals surface area contributed by atoms with Crippen LogP contribution in [0.4, 0.5) is 0 Å². The van der Waals surface area contributed by atoms with Crippen LogP contribution in [0.15, 0.2) is 30.3 Å². The summed E-state index contributed by atoms with van der Waals surface area (Å²) in [7, 11) is 0. The molecule has 0 N–H and O–H groups in total. The number of imide groups is 1. The molecule has 24 heavy (non-hydrogen) atoms. The van der Waals surface area contributed by atoms with Crippen LogP contribution in [0.3, 0.4) is 0 Å². The minimum absolute atomic E-state index is 0.169. The van der Waals surface area contributed by atoms with Gasteiger partial charge in [-0.2, -0.15) is 0 Å². The van der Waals surface area contributed by atoms with E-state index in [1.807, 2.05) is 26.0 Å². The first-order valence-electron chi connectivity index (χ1n) is 7.25. The molecule has 0 saturated carbocycles. The number of amides is 2. The first-order valence-corrected chi connectivity index (χ1v) is 8.01. The molecule has 2 aromatic rings. The third kappa shape index (κ3) is 2.72. The summed E-state index contributed by atoms with van der Waals surface area (Å²) in [5, 5.41) is 0.387. The van der Waals surface area contributed by atoms with Gasteiger partial charge in [0.1, 0.15) is 0 Å². The van der Waals surface area contributed by atoms with Gasteiger partial charge in [-0.05, 0) is 31.5 Å². The Hall–Kier alpha value is -2.17. The van der Waals surface area contributed by atoms with Gasteiger partial charge in [-0.1, -0.05) is 47.0 Å². The van der Waals surface area contributed by atoms with Crippen molar-refractivity contribution in [3.8, 4) is 0 Å². The molecule has 0 atom stereocenters. The van der Waals surface area contributed by atoms with Crippen LogP contribution in [-0.2, 0) is 0 Å². The van der Waals surface area contributed by atoms with Crippen molar-refractivity contribution in [3.05, 3.63) is 68.2 Å². The summed E-state index contributed by atoms with van der Waals surface area (Å²) in [6.07, 6.45) is 0. The number of benzene rings is 2. The lowest BCUT2D eigenvalue weighted by atomic mass is 10.0. The van der Waals surface area contributed by atoms with Crippen molar-refractivity contribution < 1.29 is 14.4 Å². The molecule has 4 nitrogen and oxygen atoms in total. The van der Waals surface area contributed by atoms with E-state index in [4.69, 9.17) is 23.2 Å². The van der Waals surface area contributed by atoms with E-state index in [2.05, 4.69) is 0 Å². The molecule has 1 aliphatic heterocycles. The zero-order valence-corrected chi connectivity index (χ0v) is 14.5. The zero-order chi connectivity index (χ0) is 17.6. The summed E-state index contributed by atoms with van der Waals surface area (Å²) in [4.78, 5) is 38.3. The minimum atomic E-state index is -0.535. The van der Waals surface area contributed by atoms with Gasteiger partial charge in [0.2, 0.25) is 0 Å². The molecule has 2 aromatic carbocycles. The molecule has 0 fully saturated rings. The Kier molecular flexibility index (Phi) is 4.20. The fraction of sp³-hybridized carbons (Fsp3) is 0.167. The van der Waals surface area contributed by atoms with E-state index in [-0.39, 0.29) is 33.5 Å². The van der Waals surface area contributed by atoms with E-state index in [1.54, 1.807) is 6.07 Å². The third-order valence-electron chi connectivity index (χ3n) is 4.00. The van der Waals surface area contributed by atoms with E-state index in [9.17, 15) is 14.4 Å². The van der Waals surface area contributed by atoms with E-state index in [0.29, 0.717) is 5.56 Å². The summed E-state index contributed by atoms with van der Waals surface area (Å²) in [5.41, 5.74) is 2.68. The van der Waals surface area contributed by atoms with Crippen LogP contribution >= 0.6 is 23.2 Å². The van der Waals surface area contributed by atoms with Gasteiger partial charge in [0.15, 0.2) is 5.78 Å². The molecule has 0 aliphatic carbocycles. The average Bonchev–Trinajstić information content (AvgIpc) is 2.73. The maximum absolute atomic E-state index is 12.5. The van der Waals surface area contributed by atoms with Crippen molar-refractivity contribution in [2.75, 3.05) is 6.54 Å². The van der Waals surface area contributed by atoms with Crippen molar-refractivity contribution in [2.45, 2.75) is 13.8 Å². The number of fused-ring (bicyclic) bond motifs is 1. The number of hydrogen-bond donors (Lipinski definition) is 0. The summed E-state index contributed by atoms with van der Waals surface area (Å²) in [5.74, 6) is -1.36. The number of aryl methyl sites for hydroxylation is 2. The zero-order valence-electron chi connectivity index (χ0n) is 13.0. The highest BCUT2D eigenvalue weighted by molar-refractivity contribution is 6.43. The number of rotatable bonds is 3. The van der Waals surface area contributed by atoms with Crippen LogP contribution in [0.1, 0.15) is 42.2 Å². The van der Waals surface area contributed by atoms with Crippen molar-refractivity contribution in [1.82, 2.24) is 4.90 Å². The highest BCUT2D eigenvalue weighted by Crippen LogP contribution is 2.31. The predicted octanol–water partition coefficient (Wildman–Crippen LogP) is 4.09. The number of halogens is 2. The Bertz CT molecular complexity index is 864. The highest BCUT2D eigenvalue weighted by Gasteiger charge is 2.37. The Morgan fingerprint density at radius 3 is 2.00 bits per heavy atom. The summed E-state index contributed by atoms with van der Waals surface area (Å²) in [6, 6.07) is 8.14. The molecule has 3 rings (SSSR count). The molecule has 6 heteroatoms. The van der Waals surface area contributed by atoms with Gasteiger partial charge >= 0.3 is 0 Å². The normalized spacial score (nSPS) is 13.4. The Morgan fingerprint density at radius 2 is 1.50 bits per heavy atom. The van der Waals surface area contributed by atoms with E-state index in [1.165, 1.54) is 12.1 Å². The third-order valence-corrected chi connectivity index (χ3v) is 4.72. The Morgan fingerprint density at radius 1 is 0.958 bits per heavy atom. The monoisotopic (exact) mass is 361 g/mol. The standard InChI is InChI=1S/C18H13Cl2NO3/c1-9-3-4-11(10(2)5-9)16(22)8-21-17(23)12-6-14(19)15(20)7-13(12)18(21)24/h3-7H,8H2,1-2H3. The smallest absolute Gasteiger partial charge is 0.262 e. The van der Waals surface area contributed by atoms with Gasteiger partial charge in [0, 0.05) is 5.56 Å². The van der Waals surface area contributed by atoms with Gasteiger partial charge in [0.05, 0.1) is 27.7 Å². The molecule has 0 spiro atoms. The number of ketones is 1. The molecular weight excluding hydrogens is 349 g/mol. The van der Waals surface area contributed by atoms with Crippen molar-refractivity contribution in [3.63, 3.8) is 0 Å². The average molecular weight is 362 g/mol. The fourth-order valence-corrected chi connectivity index (χ4v) is 3.11. The summed E-state index contributed by atoms with van der Waals surface area (Å²) < 4.78 is 0. The topological polar surface area (TPSA) is 54.5 Å². The van der Waals surface area contributed by atoms with Crippen molar-refractivity contribution in [2.24, 2.45) is 0 Å². The molecule has 0 unspecified atom stereocenters. The second-order valence-corrected chi connectivity index (χ2v) is 6.56. The van der Waals surface area contributed by atoms with Gasteiger partial charge in [0.25, 0.3) is 11.8 Å². The molecule has 122 valence electrons. The SMILES string of the molecule is Cc1ccc(C(=O)CN2C(=O)c3cc(Cl)c(Cl)cc3C2=O)c(C)c1. The van der Waals surface area contributed by atoms with Crippen LogP contribution in [-0.4, -0.2) is 29.0 Å². The molecule has 0 radical (unpaired) electrons. The fourth-order valence-electron chi connectivity index (χ4n) is 2.78. The first-order chi connectivity index (χ1) is 11.3. The van der Waals surface area contributed by atoms with E-state index < -0.39 is 11.8 Å². The number of carbonyl (C=O) groups is 3. The first kappa shape index (κ1) is 16.7. The quantitative estimate of drug-likeness (QED) is 0.611. The highest BCUT2D eigenvalue weighted by atomic mass is 35.5. The Labute approximate surface area is 149 Å². The van der Waals surface area contributed by atoms with Gasteiger partial charge in [-0.3, -0.25) is 19.3 Å². The summed E-state index contributed by atoms with van der Waals surface area (Å²) >= 11 is 11.8. The molecular formula is C18H13Cl2NO3. The van der Waals surface area contributed by atoms with Crippen molar-refractivity contribution >= 4 is 40.8 Å². The molecule has 0 saturated heterocycles. The summed E-state index contributed by atoms with van der Waals surface area (Å²) in [6.45, 7) is 3.44. The Balaban J connectivity index is 1.90. The van der Waals surface area contributed by atoms with Gasteiger partial charge < -0.3 is 0 Å². The van der Waals surface area contributed by atoms with Crippen LogP contribution in [0.25, 0.3) is 0 Å². The van der Waals surface area contributed by atoms with Gasteiger partial charge in [-0.25, -0.2) is 0 Å². The number of hydrogen-bond acceptors (Lipinski definition) is 3. The molecule has 1 heterocycles. The lowest BCUT2D eigenvalue weighted by Crippen LogP contribution is -2.35. The molecule has 2 amide bonds. The van der Waals surface area contributed by atoms with Crippen LogP contribution in [0.2, 0.25) is 10.0 Å². The number of Topliss-reactive ketones (excluding diaryl/α,β-unsaturated/α-hetero) is 1. The lowest BCUT2D eigenvalue weighted by Gasteiger charge is -2.14. The van der Waals surface area contributed by atoms with Crippen LogP contribution < -0.4 is 0 Å². The van der Waals surface area contributed by atoms with Gasteiger partial charge in [-0.15, -0.1) is 0 Å². The maximum atomic E-state index is 12.5. The molecule has 0 bridgehead atoms. The van der Waals surface area contributed by atoms with Crippen molar-refractivity contribution in [1.29, 1.82) is 0 Å². The maximum Gasteiger partial charge on any atom is 0.262 e. The van der Waals surface area contributed by atoms with Crippen LogP contribution in [0, 0.1) is 13.8 Å². The van der Waals surface area contributed by atoms with Crippen LogP contribution in [0.5, 0.6) is 0 Å².